The Hall–Kier alpha value is -1.54. The van der Waals surface area contributed by atoms with Crippen molar-refractivity contribution in [2.75, 3.05) is 12.4 Å². The molecular weight excluding hydrogens is 258 g/mol. The Morgan fingerprint density at radius 1 is 1.47 bits per heavy atom. The van der Waals surface area contributed by atoms with E-state index in [1.165, 1.54) is 22.7 Å². The van der Waals surface area contributed by atoms with Crippen LogP contribution in [0.15, 0.2) is 11.6 Å². The van der Waals surface area contributed by atoms with Crippen LogP contribution in [0.4, 0.5) is 5.13 Å². The van der Waals surface area contributed by atoms with Crippen LogP contribution in [-0.4, -0.2) is 28.1 Å². The van der Waals surface area contributed by atoms with Gasteiger partial charge in [-0.15, -0.1) is 21.5 Å². The van der Waals surface area contributed by atoms with E-state index in [9.17, 15) is 4.79 Å². The van der Waals surface area contributed by atoms with Crippen molar-refractivity contribution in [2.45, 2.75) is 13.0 Å². The predicted octanol–water partition coefficient (Wildman–Crippen LogP) is 1.53. The standard InChI is InChI=1S/C9H11N5OS2/c1-5(7-11-3-4-16-7)12-6(15)8-13-14-9(10-2)17-8/h3-5H,1-2H3,(H,10,14)(H,12,15). The minimum absolute atomic E-state index is 0.121. The van der Waals surface area contributed by atoms with Gasteiger partial charge < -0.3 is 10.6 Å². The number of carbonyl (C=O) groups excluding carboxylic acids is 1. The third kappa shape index (κ3) is 2.77. The molecule has 0 radical (unpaired) electrons. The van der Waals surface area contributed by atoms with Gasteiger partial charge in [0.15, 0.2) is 0 Å². The van der Waals surface area contributed by atoms with Crippen molar-refractivity contribution in [2.24, 2.45) is 0 Å². The molecule has 17 heavy (non-hydrogen) atoms. The maximum Gasteiger partial charge on any atom is 0.282 e. The SMILES string of the molecule is CNc1nnc(C(=O)NC(C)c2nccs2)s1. The van der Waals surface area contributed by atoms with Crippen molar-refractivity contribution in [1.82, 2.24) is 20.5 Å². The summed E-state index contributed by atoms with van der Waals surface area (Å²) in [5.74, 6) is -0.230. The molecule has 90 valence electrons. The van der Waals surface area contributed by atoms with Crippen LogP contribution in [0.5, 0.6) is 0 Å². The topological polar surface area (TPSA) is 79.8 Å². The van der Waals surface area contributed by atoms with E-state index in [-0.39, 0.29) is 11.9 Å². The van der Waals surface area contributed by atoms with E-state index in [4.69, 9.17) is 0 Å². The third-order valence-corrected chi connectivity index (χ3v) is 3.90. The summed E-state index contributed by atoms with van der Waals surface area (Å²) in [6, 6.07) is -0.121. The van der Waals surface area contributed by atoms with E-state index in [1.807, 2.05) is 12.3 Å². The van der Waals surface area contributed by atoms with Gasteiger partial charge in [-0.2, -0.15) is 0 Å². The van der Waals surface area contributed by atoms with Gasteiger partial charge in [-0.3, -0.25) is 4.79 Å². The van der Waals surface area contributed by atoms with Crippen LogP contribution in [0.1, 0.15) is 27.8 Å². The highest BCUT2D eigenvalue weighted by atomic mass is 32.1. The van der Waals surface area contributed by atoms with Crippen LogP contribution in [0, 0.1) is 0 Å². The highest BCUT2D eigenvalue weighted by Gasteiger charge is 2.16. The maximum absolute atomic E-state index is 11.8. The van der Waals surface area contributed by atoms with E-state index in [1.54, 1.807) is 13.2 Å². The Balaban J connectivity index is 2.01. The van der Waals surface area contributed by atoms with E-state index >= 15 is 0 Å². The van der Waals surface area contributed by atoms with Gasteiger partial charge in [0, 0.05) is 18.6 Å². The van der Waals surface area contributed by atoms with Gasteiger partial charge in [-0.05, 0) is 6.92 Å². The molecule has 2 rings (SSSR count). The molecule has 0 aliphatic carbocycles. The smallest absolute Gasteiger partial charge is 0.282 e. The van der Waals surface area contributed by atoms with Crippen LogP contribution >= 0.6 is 22.7 Å². The first kappa shape index (κ1) is 11.9. The Kier molecular flexibility index (Phi) is 3.64. The lowest BCUT2D eigenvalue weighted by molar-refractivity contribution is 0.0938. The first-order valence-electron chi connectivity index (χ1n) is 4.92. The second-order valence-electron chi connectivity index (χ2n) is 3.23. The summed E-state index contributed by atoms with van der Waals surface area (Å²) >= 11 is 2.72. The second kappa shape index (κ2) is 5.19. The van der Waals surface area contributed by atoms with Gasteiger partial charge >= 0.3 is 0 Å². The third-order valence-electron chi connectivity index (χ3n) is 2.00. The summed E-state index contributed by atoms with van der Waals surface area (Å²) in [5, 5.41) is 17.0. The number of rotatable bonds is 4. The fraction of sp³-hybridized carbons (Fsp3) is 0.333. The van der Waals surface area contributed by atoms with Crippen molar-refractivity contribution < 1.29 is 4.79 Å². The summed E-state index contributed by atoms with van der Waals surface area (Å²) in [7, 11) is 1.74. The average Bonchev–Trinajstić information content (AvgIpc) is 3.00. The van der Waals surface area contributed by atoms with Gasteiger partial charge in [0.05, 0.1) is 6.04 Å². The fourth-order valence-electron chi connectivity index (χ4n) is 1.18. The number of carbonyl (C=O) groups is 1. The minimum Gasteiger partial charge on any atom is -0.363 e. The number of aromatic nitrogens is 3. The number of anilines is 1. The molecule has 2 aromatic heterocycles. The molecule has 0 saturated heterocycles. The minimum atomic E-state index is -0.230. The summed E-state index contributed by atoms with van der Waals surface area (Å²) in [6.07, 6.45) is 1.71. The van der Waals surface area contributed by atoms with Crippen LogP contribution in [-0.2, 0) is 0 Å². The molecule has 6 nitrogen and oxygen atoms in total. The van der Waals surface area contributed by atoms with Gasteiger partial charge in [-0.1, -0.05) is 11.3 Å². The Bertz CT molecular complexity index is 495. The zero-order chi connectivity index (χ0) is 12.3. The summed E-state index contributed by atoms with van der Waals surface area (Å²) in [4.78, 5) is 16.0. The predicted molar refractivity (Wildman–Crippen MR) is 67.5 cm³/mol. The van der Waals surface area contributed by atoms with Crippen LogP contribution in [0.3, 0.4) is 0 Å². The first-order valence-corrected chi connectivity index (χ1v) is 6.62. The molecule has 2 N–H and O–H groups in total. The Morgan fingerprint density at radius 3 is 2.88 bits per heavy atom. The van der Waals surface area contributed by atoms with Crippen molar-refractivity contribution in [3.63, 3.8) is 0 Å². The molecule has 0 fully saturated rings. The summed E-state index contributed by atoms with van der Waals surface area (Å²) < 4.78 is 0. The Labute approximate surface area is 106 Å². The molecule has 2 heterocycles. The lowest BCUT2D eigenvalue weighted by Crippen LogP contribution is -2.26. The molecule has 0 aliphatic rings. The molecule has 0 aliphatic heterocycles. The zero-order valence-corrected chi connectivity index (χ0v) is 10.9. The van der Waals surface area contributed by atoms with Gasteiger partial charge in [0.1, 0.15) is 5.01 Å². The maximum atomic E-state index is 11.8. The van der Waals surface area contributed by atoms with Gasteiger partial charge in [-0.25, -0.2) is 4.98 Å². The summed E-state index contributed by atoms with van der Waals surface area (Å²) in [5.41, 5.74) is 0. The number of thiazole rings is 1. The monoisotopic (exact) mass is 269 g/mol. The van der Waals surface area contributed by atoms with Crippen molar-refractivity contribution >= 4 is 33.7 Å². The molecule has 0 spiro atoms. The zero-order valence-electron chi connectivity index (χ0n) is 9.30. The van der Waals surface area contributed by atoms with Crippen LogP contribution < -0.4 is 10.6 Å². The quantitative estimate of drug-likeness (QED) is 0.880. The number of hydrogen-bond acceptors (Lipinski definition) is 7. The molecule has 0 aromatic carbocycles. The molecule has 1 atom stereocenters. The van der Waals surface area contributed by atoms with E-state index in [0.717, 1.165) is 5.01 Å². The van der Waals surface area contributed by atoms with Crippen molar-refractivity contribution in [1.29, 1.82) is 0 Å². The largest absolute Gasteiger partial charge is 0.363 e. The second-order valence-corrected chi connectivity index (χ2v) is 5.13. The highest BCUT2D eigenvalue weighted by molar-refractivity contribution is 7.17. The van der Waals surface area contributed by atoms with E-state index in [2.05, 4.69) is 25.8 Å². The van der Waals surface area contributed by atoms with Crippen molar-refractivity contribution in [3.05, 3.63) is 21.6 Å². The first-order chi connectivity index (χ1) is 8.20. The lowest BCUT2D eigenvalue weighted by Gasteiger charge is -2.08. The van der Waals surface area contributed by atoms with Crippen molar-refractivity contribution in [3.8, 4) is 0 Å². The molecule has 1 amide bonds. The Morgan fingerprint density at radius 2 is 2.29 bits per heavy atom. The number of nitrogens with zero attached hydrogens (tertiary/aromatic N) is 3. The van der Waals surface area contributed by atoms with E-state index in [0.29, 0.717) is 10.1 Å². The molecule has 0 saturated carbocycles. The van der Waals surface area contributed by atoms with Gasteiger partial charge in [0.25, 0.3) is 5.91 Å². The van der Waals surface area contributed by atoms with Gasteiger partial charge in [0.2, 0.25) is 10.1 Å². The summed E-state index contributed by atoms with van der Waals surface area (Å²) in [6.45, 7) is 1.89. The fourth-order valence-corrected chi connectivity index (χ4v) is 2.43. The number of amides is 1. The molecule has 0 bridgehead atoms. The average molecular weight is 269 g/mol. The molecule has 2 aromatic rings. The normalized spacial score (nSPS) is 12.1. The molecule has 1 unspecified atom stereocenters. The number of hydrogen-bond donors (Lipinski definition) is 2. The lowest BCUT2D eigenvalue weighted by atomic mass is 10.3. The van der Waals surface area contributed by atoms with Crippen LogP contribution in [0.25, 0.3) is 0 Å². The molecule has 8 heteroatoms. The molecular formula is C9H11N5OS2. The van der Waals surface area contributed by atoms with E-state index < -0.39 is 0 Å². The van der Waals surface area contributed by atoms with Crippen LogP contribution in [0.2, 0.25) is 0 Å². The highest BCUT2D eigenvalue weighted by Crippen LogP contribution is 2.18. The number of nitrogens with one attached hydrogen (secondary N) is 2.